The molecule has 2 aromatic carbocycles. The van der Waals surface area contributed by atoms with E-state index in [-0.39, 0.29) is 11.8 Å². The summed E-state index contributed by atoms with van der Waals surface area (Å²) in [4.78, 5) is 11.7. The zero-order valence-electron chi connectivity index (χ0n) is 13.4. The molecule has 2 atom stereocenters. The number of rotatable bonds is 7. The van der Waals surface area contributed by atoms with Crippen LogP contribution in [0.25, 0.3) is 6.08 Å². The molecule has 23 heavy (non-hydrogen) atoms. The monoisotopic (exact) mass is 310 g/mol. The van der Waals surface area contributed by atoms with Crippen LogP contribution < -0.4 is 4.74 Å². The van der Waals surface area contributed by atoms with Crippen molar-refractivity contribution in [2.45, 2.75) is 20.0 Å². The summed E-state index contributed by atoms with van der Waals surface area (Å²) in [6.07, 6.45) is 2.97. The van der Waals surface area contributed by atoms with Crippen LogP contribution in [0.15, 0.2) is 66.7 Å². The molecule has 0 aliphatic rings. The SMILES string of the molecule is CC(C)C(C=Cc1ccccc1)C(Oc1ccccc1)C(=O)O. The van der Waals surface area contributed by atoms with Crippen molar-refractivity contribution >= 4 is 12.0 Å². The Kier molecular flexibility index (Phi) is 5.98. The Morgan fingerprint density at radius 1 is 1.00 bits per heavy atom. The van der Waals surface area contributed by atoms with Crippen molar-refractivity contribution in [1.82, 2.24) is 0 Å². The third kappa shape index (κ3) is 4.99. The van der Waals surface area contributed by atoms with Gasteiger partial charge in [-0.15, -0.1) is 0 Å². The standard InChI is InChI=1S/C20H22O3/c1-15(2)18(14-13-16-9-5-3-6-10-16)19(20(21)22)23-17-11-7-4-8-12-17/h3-15,18-19H,1-2H3,(H,21,22). The molecular weight excluding hydrogens is 288 g/mol. The van der Waals surface area contributed by atoms with E-state index in [2.05, 4.69) is 0 Å². The number of carboxylic acids is 1. The van der Waals surface area contributed by atoms with Gasteiger partial charge in [0.25, 0.3) is 0 Å². The second-order valence-corrected chi connectivity index (χ2v) is 5.78. The normalized spacial score (nSPS) is 13.9. The molecule has 0 aliphatic heterocycles. The minimum absolute atomic E-state index is 0.139. The fourth-order valence-corrected chi connectivity index (χ4v) is 2.40. The summed E-state index contributed by atoms with van der Waals surface area (Å²) in [5.41, 5.74) is 1.04. The van der Waals surface area contributed by atoms with E-state index in [1.165, 1.54) is 0 Å². The molecule has 0 saturated heterocycles. The highest BCUT2D eigenvalue weighted by molar-refractivity contribution is 5.74. The van der Waals surface area contributed by atoms with Gasteiger partial charge in [0.15, 0.2) is 0 Å². The van der Waals surface area contributed by atoms with Gasteiger partial charge in [0.05, 0.1) is 0 Å². The van der Waals surface area contributed by atoms with Crippen LogP contribution in [0.5, 0.6) is 5.75 Å². The maximum atomic E-state index is 11.7. The smallest absolute Gasteiger partial charge is 0.345 e. The van der Waals surface area contributed by atoms with Gasteiger partial charge in [-0.25, -0.2) is 4.79 Å². The molecule has 0 bridgehead atoms. The first-order chi connectivity index (χ1) is 11.1. The van der Waals surface area contributed by atoms with Crippen LogP contribution in [0.1, 0.15) is 19.4 Å². The second-order valence-electron chi connectivity index (χ2n) is 5.78. The molecule has 0 saturated carbocycles. The largest absolute Gasteiger partial charge is 0.478 e. The van der Waals surface area contributed by atoms with Gasteiger partial charge in [0.1, 0.15) is 5.75 Å². The van der Waals surface area contributed by atoms with Gasteiger partial charge < -0.3 is 9.84 Å². The number of carbonyl (C=O) groups is 1. The topological polar surface area (TPSA) is 46.5 Å². The van der Waals surface area contributed by atoms with E-state index in [4.69, 9.17) is 4.74 Å². The van der Waals surface area contributed by atoms with Crippen molar-refractivity contribution in [3.63, 3.8) is 0 Å². The second kappa shape index (κ2) is 8.18. The van der Waals surface area contributed by atoms with E-state index < -0.39 is 12.1 Å². The molecule has 0 amide bonds. The molecule has 120 valence electrons. The Labute approximate surface area is 137 Å². The number of aliphatic carboxylic acids is 1. The zero-order valence-corrected chi connectivity index (χ0v) is 13.4. The van der Waals surface area contributed by atoms with Crippen molar-refractivity contribution in [1.29, 1.82) is 0 Å². The van der Waals surface area contributed by atoms with Crippen LogP contribution in [0, 0.1) is 11.8 Å². The van der Waals surface area contributed by atoms with Crippen LogP contribution in [-0.2, 0) is 4.79 Å². The zero-order chi connectivity index (χ0) is 16.7. The first-order valence-electron chi connectivity index (χ1n) is 7.75. The van der Waals surface area contributed by atoms with Crippen LogP contribution in [0.2, 0.25) is 0 Å². The lowest BCUT2D eigenvalue weighted by atomic mass is 9.89. The number of benzene rings is 2. The van der Waals surface area contributed by atoms with Crippen LogP contribution in [0.4, 0.5) is 0 Å². The predicted octanol–water partition coefficient (Wildman–Crippen LogP) is 4.50. The van der Waals surface area contributed by atoms with E-state index in [1.807, 2.05) is 74.5 Å². The summed E-state index contributed by atoms with van der Waals surface area (Å²) in [5, 5.41) is 9.59. The summed E-state index contributed by atoms with van der Waals surface area (Å²) in [6.45, 7) is 4.01. The summed E-state index contributed by atoms with van der Waals surface area (Å²) >= 11 is 0. The Morgan fingerprint density at radius 3 is 2.09 bits per heavy atom. The Balaban J connectivity index is 2.21. The summed E-state index contributed by atoms with van der Waals surface area (Å²) in [7, 11) is 0. The van der Waals surface area contributed by atoms with Crippen molar-refractivity contribution < 1.29 is 14.6 Å². The van der Waals surface area contributed by atoms with Gasteiger partial charge in [-0.3, -0.25) is 0 Å². The van der Waals surface area contributed by atoms with Crippen LogP contribution >= 0.6 is 0 Å². The highest BCUT2D eigenvalue weighted by Crippen LogP contribution is 2.24. The number of para-hydroxylation sites is 1. The fraction of sp³-hybridized carbons (Fsp3) is 0.250. The Hall–Kier alpha value is -2.55. The number of ether oxygens (including phenoxy) is 1. The summed E-state index contributed by atoms with van der Waals surface area (Å²) < 4.78 is 5.74. The van der Waals surface area contributed by atoms with Crippen molar-refractivity contribution in [3.05, 3.63) is 72.3 Å². The quantitative estimate of drug-likeness (QED) is 0.818. The van der Waals surface area contributed by atoms with Crippen LogP contribution in [-0.4, -0.2) is 17.2 Å². The highest BCUT2D eigenvalue weighted by atomic mass is 16.5. The molecule has 0 aliphatic carbocycles. The van der Waals surface area contributed by atoms with Crippen LogP contribution in [0.3, 0.4) is 0 Å². The van der Waals surface area contributed by atoms with E-state index in [9.17, 15) is 9.90 Å². The van der Waals surface area contributed by atoms with Crippen molar-refractivity contribution in [2.75, 3.05) is 0 Å². The first-order valence-corrected chi connectivity index (χ1v) is 7.75. The number of hydrogen-bond donors (Lipinski definition) is 1. The van der Waals surface area contributed by atoms with Gasteiger partial charge in [-0.2, -0.15) is 0 Å². The first kappa shape index (κ1) is 16.8. The number of hydrogen-bond acceptors (Lipinski definition) is 2. The molecular formula is C20H22O3. The highest BCUT2D eigenvalue weighted by Gasteiger charge is 2.30. The minimum atomic E-state index is -0.953. The molecule has 0 aromatic heterocycles. The third-order valence-corrected chi connectivity index (χ3v) is 3.68. The summed E-state index contributed by atoms with van der Waals surface area (Å²) in [5.74, 6) is -0.475. The molecule has 0 fully saturated rings. The third-order valence-electron chi connectivity index (χ3n) is 3.68. The van der Waals surface area contributed by atoms with E-state index in [1.54, 1.807) is 12.1 Å². The lowest BCUT2D eigenvalue weighted by molar-refractivity contribution is -0.147. The molecule has 0 heterocycles. The van der Waals surface area contributed by atoms with Gasteiger partial charge in [0, 0.05) is 5.92 Å². The maximum absolute atomic E-state index is 11.7. The molecule has 1 N–H and O–H groups in total. The van der Waals surface area contributed by atoms with E-state index in [0.717, 1.165) is 5.56 Å². The molecule has 3 heteroatoms. The Morgan fingerprint density at radius 2 is 1.57 bits per heavy atom. The Bertz CT molecular complexity index is 632. The van der Waals surface area contributed by atoms with Gasteiger partial charge in [-0.1, -0.05) is 74.5 Å². The van der Waals surface area contributed by atoms with Gasteiger partial charge >= 0.3 is 5.97 Å². The van der Waals surface area contributed by atoms with E-state index in [0.29, 0.717) is 5.75 Å². The average Bonchev–Trinajstić information content (AvgIpc) is 2.55. The maximum Gasteiger partial charge on any atom is 0.345 e. The van der Waals surface area contributed by atoms with Gasteiger partial charge in [0.2, 0.25) is 6.10 Å². The van der Waals surface area contributed by atoms with Crippen molar-refractivity contribution in [2.24, 2.45) is 11.8 Å². The van der Waals surface area contributed by atoms with Crippen molar-refractivity contribution in [3.8, 4) is 5.75 Å². The summed E-state index contributed by atoms with van der Waals surface area (Å²) in [6, 6.07) is 18.9. The minimum Gasteiger partial charge on any atom is -0.478 e. The number of carboxylic acid groups (broad SMARTS) is 1. The lowest BCUT2D eigenvalue weighted by Crippen LogP contribution is -2.36. The lowest BCUT2D eigenvalue weighted by Gasteiger charge is -2.25. The molecule has 0 spiro atoms. The molecule has 0 radical (unpaired) electrons. The molecule has 2 aromatic rings. The molecule has 3 nitrogen and oxygen atoms in total. The molecule has 2 rings (SSSR count). The molecule has 2 unspecified atom stereocenters. The fourth-order valence-electron chi connectivity index (χ4n) is 2.40. The van der Waals surface area contributed by atoms with Gasteiger partial charge in [-0.05, 0) is 23.6 Å². The average molecular weight is 310 g/mol. The predicted molar refractivity (Wildman–Crippen MR) is 92.3 cm³/mol. The van der Waals surface area contributed by atoms with E-state index >= 15 is 0 Å².